The molecule has 0 aliphatic rings. The Bertz CT molecular complexity index is 532. The zero-order valence-electron chi connectivity index (χ0n) is 9.02. The van der Waals surface area contributed by atoms with Gasteiger partial charge in [-0.3, -0.25) is 4.79 Å². The van der Waals surface area contributed by atoms with Crippen molar-refractivity contribution < 1.29 is 18.0 Å². The lowest BCUT2D eigenvalue weighted by Crippen LogP contribution is -2.23. The number of amides is 1. The van der Waals surface area contributed by atoms with Gasteiger partial charge in [0.1, 0.15) is 17.9 Å². The molecule has 0 aliphatic heterocycles. The van der Waals surface area contributed by atoms with Crippen LogP contribution in [0.1, 0.15) is 16.1 Å². The molecule has 0 atom stereocenters. The van der Waals surface area contributed by atoms with Gasteiger partial charge in [-0.2, -0.15) is 0 Å². The van der Waals surface area contributed by atoms with Crippen molar-refractivity contribution in [1.29, 1.82) is 0 Å². The summed E-state index contributed by atoms with van der Waals surface area (Å²) >= 11 is 0. The number of carbonyl (C=O) groups is 1. The summed E-state index contributed by atoms with van der Waals surface area (Å²) in [6.07, 6.45) is 2.30. The number of nitrogens with one attached hydrogen (secondary N) is 1. The molecular weight excluding hydrogens is 266 g/mol. The van der Waals surface area contributed by atoms with Gasteiger partial charge in [0.25, 0.3) is 5.91 Å². The highest BCUT2D eigenvalue weighted by Crippen LogP contribution is 2.09. The normalized spacial score (nSPS) is 9.67. The van der Waals surface area contributed by atoms with Crippen LogP contribution in [-0.4, -0.2) is 10.9 Å². The predicted octanol–water partition coefficient (Wildman–Crippen LogP) is 2.30. The maximum Gasteiger partial charge on any atom is 0.273 e. The molecule has 0 radical (unpaired) electrons. The van der Waals surface area contributed by atoms with Crippen molar-refractivity contribution in [1.82, 2.24) is 10.3 Å². The summed E-state index contributed by atoms with van der Waals surface area (Å²) in [5.41, 5.74) is 0.302. The van der Waals surface area contributed by atoms with Crippen molar-refractivity contribution in [3.63, 3.8) is 0 Å². The number of oxazole rings is 1. The summed E-state index contributed by atoms with van der Waals surface area (Å²) in [6, 6.07) is 3.16. The van der Waals surface area contributed by atoms with Crippen LogP contribution in [0.3, 0.4) is 0 Å². The van der Waals surface area contributed by atoms with E-state index in [2.05, 4.69) is 14.7 Å². The van der Waals surface area contributed by atoms with Crippen molar-refractivity contribution in [2.75, 3.05) is 0 Å². The third-order valence-corrected chi connectivity index (χ3v) is 2.12. The van der Waals surface area contributed by atoms with Gasteiger partial charge in [-0.25, -0.2) is 13.8 Å². The fraction of sp³-hybridized carbons (Fsp3) is 0.0909. The molecule has 1 aromatic carbocycles. The van der Waals surface area contributed by atoms with E-state index in [0.29, 0.717) is 0 Å². The molecule has 0 unspecified atom stereocenters. The van der Waals surface area contributed by atoms with E-state index in [1.807, 2.05) is 0 Å². The lowest BCUT2D eigenvalue weighted by atomic mass is 10.2. The van der Waals surface area contributed by atoms with Gasteiger partial charge in [0.15, 0.2) is 12.1 Å². The number of hydrogen-bond donors (Lipinski definition) is 1. The molecule has 1 amide bonds. The van der Waals surface area contributed by atoms with Crippen LogP contribution in [0.2, 0.25) is 0 Å². The Balaban J connectivity index is 0.00000162. The molecule has 1 aromatic heterocycles. The molecule has 2 aromatic rings. The quantitative estimate of drug-likeness (QED) is 0.934. The van der Waals surface area contributed by atoms with E-state index in [1.165, 1.54) is 12.3 Å². The first-order valence-electron chi connectivity index (χ1n) is 4.77. The van der Waals surface area contributed by atoms with Gasteiger partial charge in [-0.15, -0.1) is 12.4 Å². The van der Waals surface area contributed by atoms with Gasteiger partial charge >= 0.3 is 0 Å². The smallest absolute Gasteiger partial charge is 0.273 e. The highest BCUT2D eigenvalue weighted by Gasteiger charge is 2.09. The molecule has 96 valence electrons. The Hall–Kier alpha value is -1.95. The Labute approximate surface area is 107 Å². The van der Waals surface area contributed by atoms with Gasteiger partial charge in [-0.1, -0.05) is 6.07 Å². The first-order valence-corrected chi connectivity index (χ1v) is 4.77. The molecule has 0 saturated carbocycles. The maximum atomic E-state index is 13.2. The second-order valence-electron chi connectivity index (χ2n) is 3.29. The Morgan fingerprint density at radius 1 is 1.39 bits per heavy atom. The lowest BCUT2D eigenvalue weighted by molar-refractivity contribution is 0.0945. The van der Waals surface area contributed by atoms with Crippen LogP contribution in [-0.2, 0) is 6.54 Å². The lowest BCUT2D eigenvalue weighted by Gasteiger charge is -2.04. The number of benzene rings is 1. The molecular formula is C11H9ClF2N2O2. The predicted molar refractivity (Wildman–Crippen MR) is 61.3 cm³/mol. The van der Waals surface area contributed by atoms with E-state index in [4.69, 9.17) is 0 Å². The molecule has 0 aliphatic carbocycles. The number of nitrogens with zero attached hydrogens (tertiary/aromatic N) is 1. The monoisotopic (exact) mass is 274 g/mol. The standard InChI is InChI=1S/C11H8F2N2O2.ClH/c12-8-2-1-7(9(13)3-8)4-14-11(16)10-5-17-6-15-10;/h1-3,5-6H,4H2,(H,14,16);1H. The van der Waals surface area contributed by atoms with Crippen molar-refractivity contribution >= 4 is 18.3 Å². The van der Waals surface area contributed by atoms with E-state index in [0.717, 1.165) is 18.5 Å². The number of carbonyl (C=O) groups excluding carboxylic acids is 1. The van der Waals surface area contributed by atoms with Crippen molar-refractivity contribution in [2.24, 2.45) is 0 Å². The number of hydrogen-bond acceptors (Lipinski definition) is 3. The fourth-order valence-corrected chi connectivity index (χ4v) is 1.26. The van der Waals surface area contributed by atoms with Gasteiger partial charge in [0, 0.05) is 18.2 Å². The third kappa shape index (κ3) is 3.27. The average molecular weight is 275 g/mol. The molecule has 0 fully saturated rings. The van der Waals surface area contributed by atoms with Crippen LogP contribution in [0.4, 0.5) is 8.78 Å². The average Bonchev–Trinajstić information content (AvgIpc) is 2.81. The van der Waals surface area contributed by atoms with E-state index in [1.54, 1.807) is 0 Å². The summed E-state index contributed by atoms with van der Waals surface area (Å²) in [4.78, 5) is 15.1. The van der Waals surface area contributed by atoms with Gasteiger partial charge in [0.2, 0.25) is 0 Å². The summed E-state index contributed by atoms with van der Waals surface area (Å²) in [7, 11) is 0. The summed E-state index contributed by atoms with van der Waals surface area (Å²) in [5.74, 6) is -1.85. The summed E-state index contributed by atoms with van der Waals surface area (Å²) in [6.45, 7) is -0.0438. The van der Waals surface area contributed by atoms with Crippen LogP contribution in [0.5, 0.6) is 0 Å². The number of aromatic nitrogens is 1. The zero-order chi connectivity index (χ0) is 12.3. The number of rotatable bonds is 3. The number of halogens is 3. The second kappa shape index (κ2) is 6.11. The highest BCUT2D eigenvalue weighted by atomic mass is 35.5. The first kappa shape index (κ1) is 14.1. The van der Waals surface area contributed by atoms with E-state index >= 15 is 0 Å². The Morgan fingerprint density at radius 3 is 2.78 bits per heavy atom. The second-order valence-corrected chi connectivity index (χ2v) is 3.29. The van der Waals surface area contributed by atoms with Crippen LogP contribution < -0.4 is 5.32 Å². The minimum absolute atomic E-state index is 0. The van der Waals surface area contributed by atoms with Gasteiger partial charge < -0.3 is 9.73 Å². The highest BCUT2D eigenvalue weighted by molar-refractivity contribution is 5.91. The van der Waals surface area contributed by atoms with E-state index in [-0.39, 0.29) is 30.2 Å². The Morgan fingerprint density at radius 2 is 2.17 bits per heavy atom. The molecule has 0 bridgehead atoms. The van der Waals surface area contributed by atoms with Crippen molar-refractivity contribution in [3.05, 3.63) is 53.7 Å². The molecule has 2 rings (SSSR count). The van der Waals surface area contributed by atoms with Gasteiger partial charge in [-0.05, 0) is 6.07 Å². The molecule has 0 saturated heterocycles. The van der Waals surface area contributed by atoms with Crippen LogP contribution in [0, 0.1) is 11.6 Å². The summed E-state index contributed by atoms with van der Waals surface area (Å²) < 4.78 is 30.5. The van der Waals surface area contributed by atoms with Crippen molar-refractivity contribution in [2.45, 2.75) is 6.54 Å². The topological polar surface area (TPSA) is 55.1 Å². The van der Waals surface area contributed by atoms with Crippen LogP contribution in [0.25, 0.3) is 0 Å². The van der Waals surface area contributed by atoms with Crippen LogP contribution >= 0.6 is 12.4 Å². The minimum atomic E-state index is -0.703. The molecule has 1 heterocycles. The maximum absolute atomic E-state index is 13.2. The SMILES string of the molecule is Cl.O=C(NCc1ccc(F)cc1F)c1cocn1. The molecule has 18 heavy (non-hydrogen) atoms. The van der Waals surface area contributed by atoms with Crippen LogP contribution in [0.15, 0.2) is 35.3 Å². The largest absolute Gasteiger partial charge is 0.451 e. The van der Waals surface area contributed by atoms with E-state index < -0.39 is 17.5 Å². The van der Waals surface area contributed by atoms with E-state index in [9.17, 15) is 13.6 Å². The van der Waals surface area contributed by atoms with Gasteiger partial charge in [0.05, 0.1) is 0 Å². The molecule has 7 heteroatoms. The minimum Gasteiger partial charge on any atom is -0.451 e. The summed E-state index contributed by atoms with van der Waals surface area (Å²) in [5, 5.41) is 2.44. The molecule has 4 nitrogen and oxygen atoms in total. The fourth-order valence-electron chi connectivity index (χ4n) is 1.26. The molecule has 0 spiro atoms. The molecule has 1 N–H and O–H groups in total. The Kier molecular flexibility index (Phi) is 4.79. The third-order valence-electron chi connectivity index (χ3n) is 2.12. The van der Waals surface area contributed by atoms with Crippen molar-refractivity contribution in [3.8, 4) is 0 Å². The first-order chi connectivity index (χ1) is 8.16. The zero-order valence-corrected chi connectivity index (χ0v) is 9.84.